The molecule has 0 saturated carbocycles. The number of hydrogen-bond acceptors (Lipinski definition) is 3. The van der Waals surface area contributed by atoms with E-state index in [0.29, 0.717) is 0 Å². The summed E-state index contributed by atoms with van der Waals surface area (Å²) >= 11 is 0. The van der Waals surface area contributed by atoms with Crippen LogP contribution in [0.15, 0.2) is 374 Å². The van der Waals surface area contributed by atoms with Crippen LogP contribution in [0.2, 0.25) is 0 Å². The fraction of sp³-hybridized carbons (Fsp3) is 0.0588. The van der Waals surface area contributed by atoms with Crippen LogP contribution in [0, 0.1) is 20.8 Å². The largest absolute Gasteiger partial charge is 0.456 e. The molecule has 0 radical (unpaired) electrons. The first-order chi connectivity index (χ1) is 51.8. The highest BCUT2D eigenvalue weighted by molar-refractivity contribution is 6.07. The Hall–Kier alpha value is -13.1. The number of hydrogen-bond donors (Lipinski definition) is 0. The molecule has 0 N–H and O–H groups in total. The standard InChI is InChI=1S/C102H70N2O/c1-65-40-51-83-85-54-47-77(63-96(85)100(94(83)58-65,69-24-8-4-9-25-69)70-26-10-5-11-27-70)104(78-48-55-86-84-52-41-66(2)59-95(84)101(97(86)64-78,71-28-12-6-13-29-71)72-30-14-7-15-31-72)74-46-53-79(67(3)60-74)68-42-44-73(45-43-68)103(76-50-57-99-89(62-76)87-35-19-23-39-98(87)105-99)75-49-56-93-88(61-75)82-34-18-22-38-92(82)102(93)90-36-20-16-32-80(90)81-33-17-21-37-91(81)102/h4-64H,1-3H3. The van der Waals surface area contributed by atoms with Crippen molar-refractivity contribution in [3.63, 3.8) is 0 Å². The van der Waals surface area contributed by atoms with E-state index in [-0.39, 0.29) is 0 Å². The Balaban J connectivity index is 0.733. The molecule has 0 atom stereocenters. The van der Waals surface area contributed by atoms with E-state index in [1.807, 2.05) is 6.07 Å². The zero-order chi connectivity index (χ0) is 69.7. The van der Waals surface area contributed by atoms with E-state index in [9.17, 15) is 0 Å². The van der Waals surface area contributed by atoms with Crippen LogP contribution in [-0.2, 0) is 16.2 Å². The van der Waals surface area contributed by atoms with Gasteiger partial charge < -0.3 is 14.2 Å². The van der Waals surface area contributed by atoms with Gasteiger partial charge in [0, 0.05) is 44.9 Å². The number of anilines is 6. The molecule has 3 nitrogen and oxygen atoms in total. The number of para-hydroxylation sites is 1. The van der Waals surface area contributed by atoms with Crippen LogP contribution < -0.4 is 9.80 Å². The Morgan fingerprint density at radius 1 is 0.210 bits per heavy atom. The van der Waals surface area contributed by atoms with Crippen molar-refractivity contribution < 1.29 is 4.42 Å². The molecule has 0 fully saturated rings. The third-order valence-electron chi connectivity index (χ3n) is 23.7. The molecule has 21 rings (SSSR count). The zero-order valence-electron chi connectivity index (χ0n) is 58.5. The fourth-order valence-corrected chi connectivity index (χ4v) is 19.3. The topological polar surface area (TPSA) is 19.6 Å². The van der Waals surface area contributed by atoms with Crippen LogP contribution in [0.25, 0.3) is 77.6 Å². The molecular weight excluding hydrogens is 1270 g/mol. The van der Waals surface area contributed by atoms with Gasteiger partial charge in [-0.1, -0.05) is 296 Å². The van der Waals surface area contributed by atoms with Gasteiger partial charge in [-0.15, -0.1) is 0 Å². The average Bonchev–Trinajstić information content (AvgIpc) is 1.51. The highest BCUT2D eigenvalue weighted by Crippen LogP contribution is 2.65. The summed E-state index contributed by atoms with van der Waals surface area (Å²) in [5.41, 5.74) is 37.9. The first kappa shape index (κ1) is 60.7. The molecule has 16 aromatic carbocycles. The third-order valence-corrected chi connectivity index (χ3v) is 23.7. The summed E-state index contributed by atoms with van der Waals surface area (Å²) in [6.07, 6.45) is 0. The average molecular weight is 1340 g/mol. The molecule has 0 bridgehead atoms. The lowest BCUT2D eigenvalue weighted by Crippen LogP contribution is -2.29. The minimum Gasteiger partial charge on any atom is -0.456 e. The van der Waals surface area contributed by atoms with E-state index in [0.717, 1.165) is 61.6 Å². The van der Waals surface area contributed by atoms with E-state index in [2.05, 4.69) is 395 Å². The Morgan fingerprint density at radius 2 is 0.552 bits per heavy atom. The van der Waals surface area contributed by atoms with Crippen LogP contribution in [0.5, 0.6) is 0 Å². The highest BCUT2D eigenvalue weighted by atomic mass is 16.3. The second-order valence-corrected chi connectivity index (χ2v) is 29.1. The summed E-state index contributed by atoms with van der Waals surface area (Å²) in [7, 11) is 0. The normalized spacial score (nSPS) is 13.9. The van der Waals surface area contributed by atoms with Crippen LogP contribution >= 0.6 is 0 Å². The minimum atomic E-state index is -0.611. The lowest BCUT2D eigenvalue weighted by Gasteiger charge is -2.36. The van der Waals surface area contributed by atoms with Crippen molar-refractivity contribution in [2.45, 2.75) is 37.0 Å². The van der Waals surface area contributed by atoms with Crippen molar-refractivity contribution in [1.82, 2.24) is 0 Å². The van der Waals surface area contributed by atoms with Crippen molar-refractivity contribution in [1.29, 1.82) is 0 Å². The van der Waals surface area contributed by atoms with Gasteiger partial charge in [0.25, 0.3) is 0 Å². The molecule has 1 aromatic heterocycles. The molecule has 0 aliphatic heterocycles. The van der Waals surface area contributed by atoms with Gasteiger partial charge in [0.2, 0.25) is 0 Å². The van der Waals surface area contributed by atoms with Crippen LogP contribution in [0.3, 0.4) is 0 Å². The van der Waals surface area contributed by atoms with Gasteiger partial charge in [0.05, 0.1) is 16.2 Å². The second kappa shape index (κ2) is 23.2. The zero-order valence-corrected chi connectivity index (χ0v) is 58.5. The van der Waals surface area contributed by atoms with E-state index in [4.69, 9.17) is 4.42 Å². The molecule has 0 amide bonds. The Morgan fingerprint density at radius 3 is 1.06 bits per heavy atom. The number of rotatable bonds is 11. The molecule has 494 valence electrons. The van der Waals surface area contributed by atoms with Gasteiger partial charge in [0.15, 0.2) is 0 Å². The number of benzene rings is 16. The molecule has 4 aliphatic rings. The van der Waals surface area contributed by atoms with Gasteiger partial charge in [-0.05, 0) is 234 Å². The SMILES string of the molecule is Cc1ccc2c(c1)C(c1ccccc1)(c1ccccc1)c1cc(N(c3ccc(-c4ccc(N(c5ccc6c(c5)-c5ccccc5C65c6ccccc6-c6ccccc65)c5ccc6oc7ccccc7c6c5)cc4)c(C)c3)c3ccc4c(c3)C(c3ccccc3)(c3ccccc3)c3cc(C)ccc3-4)ccc1-2. The first-order valence-corrected chi connectivity index (χ1v) is 36.7. The quantitative estimate of drug-likeness (QED) is 0.129. The van der Waals surface area contributed by atoms with E-state index in [1.165, 1.54) is 134 Å². The van der Waals surface area contributed by atoms with Crippen LogP contribution in [0.4, 0.5) is 34.1 Å². The molecule has 0 unspecified atom stereocenters. The number of fused-ring (bicyclic) bond motifs is 19. The summed E-state index contributed by atoms with van der Waals surface area (Å²) in [6, 6.07) is 139. The summed E-state index contributed by atoms with van der Waals surface area (Å²) in [5.74, 6) is 0. The molecule has 1 spiro atoms. The number of furan rings is 1. The van der Waals surface area contributed by atoms with Gasteiger partial charge in [-0.3, -0.25) is 0 Å². The van der Waals surface area contributed by atoms with Gasteiger partial charge in [-0.2, -0.15) is 0 Å². The Labute approximate surface area is 612 Å². The summed E-state index contributed by atoms with van der Waals surface area (Å²) in [5, 5.41) is 2.18. The molecule has 105 heavy (non-hydrogen) atoms. The van der Waals surface area contributed by atoms with E-state index < -0.39 is 16.2 Å². The third kappa shape index (κ3) is 8.67. The van der Waals surface area contributed by atoms with Crippen LogP contribution in [-0.4, -0.2) is 0 Å². The molecule has 3 heteroatoms. The summed E-state index contributed by atoms with van der Waals surface area (Å²) in [6.45, 7) is 6.74. The maximum absolute atomic E-state index is 6.49. The van der Waals surface area contributed by atoms with Crippen LogP contribution in [0.1, 0.15) is 83.5 Å². The molecule has 1 heterocycles. The lowest BCUT2D eigenvalue weighted by molar-refractivity contribution is 0.669. The van der Waals surface area contributed by atoms with Gasteiger partial charge in [0.1, 0.15) is 11.2 Å². The predicted octanol–water partition coefficient (Wildman–Crippen LogP) is 26.2. The fourth-order valence-electron chi connectivity index (χ4n) is 19.3. The first-order valence-electron chi connectivity index (χ1n) is 36.7. The smallest absolute Gasteiger partial charge is 0.135 e. The van der Waals surface area contributed by atoms with E-state index in [1.54, 1.807) is 0 Å². The van der Waals surface area contributed by atoms with E-state index >= 15 is 0 Å². The monoisotopic (exact) mass is 1340 g/mol. The van der Waals surface area contributed by atoms with Crippen molar-refractivity contribution in [3.05, 3.63) is 454 Å². The molecule has 4 aliphatic carbocycles. The van der Waals surface area contributed by atoms with Crippen molar-refractivity contribution in [3.8, 4) is 55.6 Å². The summed E-state index contributed by atoms with van der Waals surface area (Å²) < 4.78 is 6.49. The lowest BCUT2D eigenvalue weighted by atomic mass is 9.67. The Bertz CT molecular complexity index is 6070. The maximum Gasteiger partial charge on any atom is 0.135 e. The minimum absolute atomic E-state index is 0.448. The van der Waals surface area contributed by atoms with Crippen molar-refractivity contribution >= 4 is 56.1 Å². The van der Waals surface area contributed by atoms with Gasteiger partial charge in [-0.25, -0.2) is 0 Å². The maximum atomic E-state index is 6.49. The molecule has 0 saturated heterocycles. The highest BCUT2D eigenvalue weighted by Gasteiger charge is 2.53. The second-order valence-electron chi connectivity index (χ2n) is 29.1. The number of aryl methyl sites for hydroxylation is 3. The molecule has 17 aromatic rings. The summed E-state index contributed by atoms with van der Waals surface area (Å²) in [4.78, 5) is 4.97. The predicted molar refractivity (Wildman–Crippen MR) is 434 cm³/mol. The van der Waals surface area contributed by atoms with Crippen molar-refractivity contribution in [2.75, 3.05) is 9.80 Å². The van der Waals surface area contributed by atoms with Gasteiger partial charge >= 0.3 is 0 Å². The van der Waals surface area contributed by atoms with Crippen molar-refractivity contribution in [2.24, 2.45) is 0 Å². The number of nitrogens with zero attached hydrogens (tertiary/aromatic N) is 2. The molecular formula is C102H70N2O. The Kier molecular flexibility index (Phi) is 13.4.